The number of anilines is 1. The lowest BCUT2D eigenvalue weighted by molar-refractivity contribution is -0.114. The summed E-state index contributed by atoms with van der Waals surface area (Å²) in [7, 11) is 0. The number of H-pyrrole nitrogens is 1. The van der Waals surface area contributed by atoms with Gasteiger partial charge in [0.2, 0.25) is 5.91 Å². The molecule has 0 fully saturated rings. The van der Waals surface area contributed by atoms with Gasteiger partial charge in [-0.15, -0.1) is 0 Å². The van der Waals surface area contributed by atoms with Crippen molar-refractivity contribution in [3.8, 4) is 0 Å². The topological polar surface area (TPSA) is 44.9 Å². The van der Waals surface area contributed by atoms with Gasteiger partial charge in [0.1, 0.15) is 0 Å². The van der Waals surface area contributed by atoms with E-state index in [9.17, 15) is 4.79 Å². The number of aromatic nitrogens is 1. The highest BCUT2D eigenvalue weighted by Gasteiger charge is 2.09. The zero-order chi connectivity index (χ0) is 11.9. The molecule has 1 amide bonds. The van der Waals surface area contributed by atoms with E-state index in [-0.39, 0.29) is 5.91 Å². The molecule has 3 nitrogen and oxygen atoms in total. The van der Waals surface area contributed by atoms with Crippen molar-refractivity contribution in [2.75, 3.05) is 5.32 Å². The lowest BCUT2D eigenvalue weighted by Gasteiger charge is -2.05. The second-order valence-electron chi connectivity index (χ2n) is 3.93. The smallest absolute Gasteiger partial charge is 0.221 e. The minimum atomic E-state index is -0.124. The van der Waals surface area contributed by atoms with Crippen LogP contribution in [0.15, 0.2) is 12.1 Å². The van der Waals surface area contributed by atoms with Gasteiger partial charge in [-0.05, 0) is 31.5 Å². The summed E-state index contributed by atoms with van der Waals surface area (Å²) in [5.74, 6) is -0.124. The first-order chi connectivity index (χ1) is 7.49. The van der Waals surface area contributed by atoms with E-state index in [1.807, 2.05) is 26.0 Å². The fraction of sp³-hybridized carbons (Fsp3) is 0.250. The minimum Gasteiger partial charge on any atom is -0.358 e. The third-order valence-corrected chi connectivity index (χ3v) is 3.02. The normalized spacial score (nSPS) is 10.8. The lowest BCUT2D eigenvalue weighted by atomic mass is 10.1. The first-order valence-corrected chi connectivity index (χ1v) is 5.43. The van der Waals surface area contributed by atoms with Crippen LogP contribution >= 0.6 is 11.6 Å². The highest BCUT2D eigenvalue weighted by molar-refractivity contribution is 6.34. The molecule has 16 heavy (non-hydrogen) atoms. The molecule has 0 atom stereocenters. The zero-order valence-corrected chi connectivity index (χ0v) is 10.2. The van der Waals surface area contributed by atoms with Gasteiger partial charge in [-0.1, -0.05) is 11.6 Å². The number of benzene rings is 1. The number of nitrogens with one attached hydrogen (secondary N) is 2. The molecule has 2 aromatic rings. The van der Waals surface area contributed by atoms with Crippen molar-refractivity contribution in [3.05, 3.63) is 28.4 Å². The fourth-order valence-corrected chi connectivity index (χ4v) is 1.98. The van der Waals surface area contributed by atoms with Gasteiger partial charge in [-0.2, -0.15) is 0 Å². The van der Waals surface area contributed by atoms with Crippen LogP contribution in [0, 0.1) is 13.8 Å². The number of fused-ring (bicyclic) bond motifs is 1. The maximum Gasteiger partial charge on any atom is 0.221 e. The van der Waals surface area contributed by atoms with Crippen LogP contribution in [0.4, 0.5) is 5.69 Å². The molecule has 0 unspecified atom stereocenters. The molecule has 2 N–H and O–H groups in total. The molecular weight excluding hydrogens is 224 g/mol. The van der Waals surface area contributed by atoms with E-state index in [0.29, 0.717) is 10.7 Å². The van der Waals surface area contributed by atoms with Crippen molar-refractivity contribution in [1.29, 1.82) is 0 Å². The lowest BCUT2D eigenvalue weighted by Crippen LogP contribution is -2.06. The molecular formula is C12H13ClN2O. The summed E-state index contributed by atoms with van der Waals surface area (Å²) in [5.41, 5.74) is 3.93. The Kier molecular flexibility index (Phi) is 2.64. The Labute approximate surface area is 98.8 Å². The predicted octanol–water partition coefficient (Wildman–Crippen LogP) is 3.40. The Morgan fingerprint density at radius 2 is 2.06 bits per heavy atom. The average molecular weight is 237 g/mol. The molecule has 0 spiro atoms. The van der Waals surface area contributed by atoms with E-state index in [4.69, 9.17) is 11.6 Å². The number of hydrogen-bond donors (Lipinski definition) is 2. The first-order valence-electron chi connectivity index (χ1n) is 5.05. The van der Waals surface area contributed by atoms with E-state index < -0.39 is 0 Å². The fourth-order valence-electron chi connectivity index (χ4n) is 1.77. The van der Waals surface area contributed by atoms with E-state index in [1.165, 1.54) is 12.5 Å². The van der Waals surface area contributed by atoms with Gasteiger partial charge in [0.15, 0.2) is 0 Å². The first kappa shape index (κ1) is 11.0. The summed E-state index contributed by atoms with van der Waals surface area (Å²) in [5, 5.41) is 4.36. The maximum atomic E-state index is 11.0. The number of hydrogen-bond acceptors (Lipinski definition) is 1. The molecule has 1 aromatic heterocycles. The molecule has 0 saturated carbocycles. The van der Waals surface area contributed by atoms with Crippen molar-refractivity contribution in [2.24, 2.45) is 0 Å². The summed E-state index contributed by atoms with van der Waals surface area (Å²) in [6.07, 6.45) is 0. The van der Waals surface area contributed by atoms with Gasteiger partial charge < -0.3 is 10.3 Å². The van der Waals surface area contributed by atoms with Crippen LogP contribution in [-0.4, -0.2) is 10.9 Å². The molecule has 0 aliphatic carbocycles. The van der Waals surface area contributed by atoms with Gasteiger partial charge in [0.25, 0.3) is 0 Å². The van der Waals surface area contributed by atoms with Crippen molar-refractivity contribution in [2.45, 2.75) is 20.8 Å². The van der Waals surface area contributed by atoms with Crippen LogP contribution in [0.2, 0.25) is 5.02 Å². The summed E-state index contributed by atoms with van der Waals surface area (Å²) < 4.78 is 0. The van der Waals surface area contributed by atoms with Crippen LogP contribution in [-0.2, 0) is 4.79 Å². The predicted molar refractivity (Wildman–Crippen MR) is 67.1 cm³/mol. The summed E-state index contributed by atoms with van der Waals surface area (Å²) >= 11 is 6.10. The second-order valence-corrected chi connectivity index (χ2v) is 4.34. The monoisotopic (exact) mass is 236 g/mol. The Balaban J connectivity index is 2.62. The Hall–Kier alpha value is -1.48. The van der Waals surface area contributed by atoms with Crippen LogP contribution in [0.3, 0.4) is 0 Å². The second kappa shape index (κ2) is 3.83. The third-order valence-electron chi connectivity index (χ3n) is 2.71. The van der Waals surface area contributed by atoms with Gasteiger partial charge >= 0.3 is 0 Å². The van der Waals surface area contributed by atoms with Crippen LogP contribution in [0.5, 0.6) is 0 Å². The van der Waals surface area contributed by atoms with Gasteiger partial charge in [-0.3, -0.25) is 4.79 Å². The largest absolute Gasteiger partial charge is 0.358 e. The summed E-state index contributed by atoms with van der Waals surface area (Å²) in [6, 6.07) is 3.74. The molecule has 2 rings (SSSR count). The third kappa shape index (κ3) is 1.78. The van der Waals surface area contributed by atoms with Crippen LogP contribution in [0.25, 0.3) is 10.9 Å². The van der Waals surface area contributed by atoms with Crippen LogP contribution < -0.4 is 5.32 Å². The van der Waals surface area contributed by atoms with Crippen molar-refractivity contribution in [3.63, 3.8) is 0 Å². The van der Waals surface area contributed by atoms with Crippen molar-refractivity contribution < 1.29 is 4.79 Å². The molecule has 0 aliphatic heterocycles. The number of rotatable bonds is 1. The summed E-state index contributed by atoms with van der Waals surface area (Å²) in [6.45, 7) is 5.52. The number of aromatic amines is 1. The van der Waals surface area contributed by atoms with E-state index >= 15 is 0 Å². The standard InChI is InChI=1S/C12H13ClN2O/c1-6-7(2)14-11-5-12(15-8(3)16)10(13)4-9(6)11/h4-5,14H,1-3H3,(H,15,16). The number of aryl methyl sites for hydroxylation is 2. The molecule has 84 valence electrons. The van der Waals surface area contributed by atoms with Crippen molar-refractivity contribution in [1.82, 2.24) is 4.98 Å². The molecule has 1 aromatic carbocycles. The summed E-state index contributed by atoms with van der Waals surface area (Å²) in [4.78, 5) is 14.3. The Morgan fingerprint density at radius 3 is 2.69 bits per heavy atom. The number of halogens is 1. The molecule has 1 heterocycles. The number of carbonyl (C=O) groups is 1. The van der Waals surface area contributed by atoms with Gasteiger partial charge in [-0.25, -0.2) is 0 Å². The van der Waals surface area contributed by atoms with Crippen LogP contribution in [0.1, 0.15) is 18.2 Å². The van der Waals surface area contributed by atoms with E-state index in [0.717, 1.165) is 16.6 Å². The minimum absolute atomic E-state index is 0.124. The molecule has 0 aliphatic rings. The van der Waals surface area contributed by atoms with E-state index in [1.54, 1.807) is 0 Å². The average Bonchev–Trinajstić information content (AvgIpc) is 2.44. The highest BCUT2D eigenvalue weighted by Crippen LogP contribution is 2.30. The number of amides is 1. The zero-order valence-electron chi connectivity index (χ0n) is 9.44. The van der Waals surface area contributed by atoms with Gasteiger partial charge in [0.05, 0.1) is 10.7 Å². The molecule has 0 bridgehead atoms. The highest BCUT2D eigenvalue weighted by atomic mass is 35.5. The quantitative estimate of drug-likeness (QED) is 0.783. The number of carbonyl (C=O) groups excluding carboxylic acids is 1. The van der Waals surface area contributed by atoms with Crippen molar-refractivity contribution >= 4 is 34.1 Å². The van der Waals surface area contributed by atoms with E-state index in [2.05, 4.69) is 10.3 Å². The maximum absolute atomic E-state index is 11.0. The molecule has 4 heteroatoms. The Bertz CT molecular complexity index is 572. The SMILES string of the molecule is CC(=O)Nc1cc2[nH]c(C)c(C)c2cc1Cl. The van der Waals surface area contributed by atoms with Gasteiger partial charge in [0, 0.05) is 23.5 Å². The molecule has 0 radical (unpaired) electrons. The Morgan fingerprint density at radius 1 is 1.38 bits per heavy atom. The molecule has 0 saturated heterocycles.